The lowest BCUT2D eigenvalue weighted by molar-refractivity contribution is -0.161. The van der Waals surface area contributed by atoms with Crippen LogP contribution in [0, 0.1) is 5.92 Å². The van der Waals surface area contributed by atoms with Crippen molar-refractivity contribution in [3.05, 3.63) is 72.9 Å². The maximum absolute atomic E-state index is 12.4. The lowest BCUT2D eigenvalue weighted by Gasteiger charge is -2.18. The predicted molar refractivity (Wildman–Crippen MR) is 228 cm³/mol. The number of aliphatic hydroxyl groups excluding tert-OH is 2. The quantitative estimate of drug-likeness (QED) is 0.0156. The van der Waals surface area contributed by atoms with E-state index >= 15 is 0 Å². The molecular weight excluding hydrogens is 731 g/mol. The first-order chi connectivity index (χ1) is 26.9. The fraction of sp³-hybridized carbons (Fsp3) is 0.689. The molecular formula is C45H77O10P. The van der Waals surface area contributed by atoms with Crippen LogP contribution < -0.4 is 0 Å². The molecule has 11 heteroatoms. The first-order valence-electron chi connectivity index (χ1n) is 21.3. The zero-order chi connectivity index (χ0) is 41.5. The van der Waals surface area contributed by atoms with Gasteiger partial charge in [0.05, 0.1) is 18.8 Å². The van der Waals surface area contributed by atoms with Gasteiger partial charge in [0.15, 0.2) is 6.10 Å². The Hall–Kier alpha value is -2.59. The van der Waals surface area contributed by atoms with Gasteiger partial charge in [0, 0.05) is 12.8 Å². The summed E-state index contributed by atoms with van der Waals surface area (Å²) in [4.78, 5) is 42.8. The fourth-order valence-corrected chi connectivity index (χ4v) is 6.00. The molecule has 0 aliphatic heterocycles. The van der Waals surface area contributed by atoms with Crippen molar-refractivity contribution in [2.24, 2.45) is 5.92 Å². The van der Waals surface area contributed by atoms with Crippen molar-refractivity contribution in [2.75, 3.05) is 13.2 Å². The van der Waals surface area contributed by atoms with Gasteiger partial charge in [-0.25, -0.2) is 4.57 Å². The highest BCUT2D eigenvalue weighted by Crippen LogP contribution is 2.36. The van der Waals surface area contributed by atoms with E-state index in [0.717, 1.165) is 31.6 Å². The number of rotatable bonds is 37. The average molecular weight is 809 g/mol. The minimum atomic E-state index is -4.80. The Kier molecular flexibility index (Phi) is 36.2. The highest BCUT2D eigenvalue weighted by Gasteiger charge is 2.22. The largest absolute Gasteiger partial charge is 0.469 e. The van der Waals surface area contributed by atoms with Crippen molar-refractivity contribution >= 4 is 19.8 Å². The highest BCUT2D eigenvalue weighted by atomic mass is 31.2. The number of phosphoric ester groups is 1. The molecule has 322 valence electrons. The Morgan fingerprint density at radius 2 is 1.11 bits per heavy atom. The van der Waals surface area contributed by atoms with Crippen LogP contribution in [0.2, 0.25) is 0 Å². The van der Waals surface area contributed by atoms with E-state index in [4.69, 9.17) is 19.3 Å². The van der Waals surface area contributed by atoms with E-state index in [9.17, 15) is 24.4 Å². The Morgan fingerprint density at radius 3 is 1.62 bits per heavy atom. The first-order valence-corrected chi connectivity index (χ1v) is 22.8. The Labute approximate surface area is 339 Å². The van der Waals surface area contributed by atoms with Crippen LogP contribution >= 0.6 is 7.82 Å². The molecule has 0 radical (unpaired) electrons. The number of allylic oxidation sites excluding steroid dienone is 8. The SMILES string of the molecule is CC/C=C\C[C@@H](O)/C=C/C=C\C=C\[C@@H](O)C/C=C\C/C=C\CCC(=O)OC[C@H](COP(=O)(O)O)OC(=O)CCCCCCCCCCCCCCCCC(C)C. The monoisotopic (exact) mass is 809 g/mol. The molecule has 0 bridgehead atoms. The zero-order valence-corrected chi connectivity index (χ0v) is 35.8. The van der Waals surface area contributed by atoms with Gasteiger partial charge in [0.1, 0.15) is 6.61 Å². The second-order valence-corrected chi connectivity index (χ2v) is 16.1. The molecule has 0 aromatic carbocycles. The van der Waals surface area contributed by atoms with Gasteiger partial charge in [-0.1, -0.05) is 184 Å². The van der Waals surface area contributed by atoms with Gasteiger partial charge in [0.2, 0.25) is 0 Å². The molecule has 4 N–H and O–H groups in total. The van der Waals surface area contributed by atoms with Gasteiger partial charge in [-0.15, -0.1) is 0 Å². The van der Waals surface area contributed by atoms with E-state index < -0.39 is 44.7 Å². The molecule has 0 fully saturated rings. The van der Waals surface area contributed by atoms with Crippen molar-refractivity contribution in [3.8, 4) is 0 Å². The summed E-state index contributed by atoms with van der Waals surface area (Å²) in [6.07, 6.45) is 41.3. The second kappa shape index (κ2) is 38.0. The third-order valence-corrected chi connectivity index (χ3v) is 9.33. The lowest BCUT2D eigenvalue weighted by atomic mass is 10.0. The molecule has 0 saturated carbocycles. The number of hydrogen-bond donors (Lipinski definition) is 4. The summed E-state index contributed by atoms with van der Waals surface area (Å²) < 4.78 is 26.3. The van der Waals surface area contributed by atoms with Crippen LogP contribution in [0.25, 0.3) is 0 Å². The number of carbonyl (C=O) groups is 2. The van der Waals surface area contributed by atoms with Crippen LogP contribution in [0.1, 0.15) is 162 Å². The number of ether oxygens (including phenoxy) is 2. The van der Waals surface area contributed by atoms with Gasteiger partial charge in [-0.2, -0.15) is 0 Å². The van der Waals surface area contributed by atoms with E-state index in [1.807, 2.05) is 43.4 Å². The van der Waals surface area contributed by atoms with E-state index in [1.54, 1.807) is 36.5 Å². The summed E-state index contributed by atoms with van der Waals surface area (Å²) in [6, 6.07) is 0. The van der Waals surface area contributed by atoms with E-state index in [-0.39, 0.29) is 19.4 Å². The summed E-state index contributed by atoms with van der Waals surface area (Å²) in [6.45, 7) is 5.68. The van der Waals surface area contributed by atoms with Crippen molar-refractivity contribution in [1.29, 1.82) is 0 Å². The third kappa shape index (κ3) is 41.1. The van der Waals surface area contributed by atoms with Gasteiger partial charge in [-0.3, -0.25) is 14.1 Å². The number of aliphatic hydroxyl groups is 2. The normalized spacial score (nSPS) is 14.4. The topological polar surface area (TPSA) is 160 Å². The Morgan fingerprint density at radius 1 is 0.607 bits per heavy atom. The van der Waals surface area contributed by atoms with E-state index in [0.29, 0.717) is 32.1 Å². The molecule has 10 nitrogen and oxygen atoms in total. The predicted octanol–water partition coefficient (Wildman–Crippen LogP) is 10.9. The molecule has 0 saturated heterocycles. The number of carbonyl (C=O) groups excluding carboxylic acids is 2. The zero-order valence-electron chi connectivity index (χ0n) is 34.9. The van der Waals surface area contributed by atoms with E-state index in [2.05, 4.69) is 18.4 Å². The molecule has 0 aromatic rings. The Balaban J connectivity index is 4.15. The number of unbranched alkanes of at least 4 members (excludes halogenated alkanes) is 13. The standard InChI is InChI=1S/C45H77O10P/c1-4-5-24-32-41(46)34-27-22-23-28-35-42(47)33-26-19-16-17-20-29-36-44(48)53-38-43(39-54-56(50,51)52)55-45(49)37-30-21-15-13-11-9-7-6-8-10-12-14-18-25-31-40(2)3/h5,17,19-20,22-24,26-28,34-35,40-43,46-47H,4,6-16,18,21,25,29-33,36-39H2,1-3H3,(H2,50,51,52)/b20-17-,23-22-,24-5-,26-19-,34-27+,35-28+/t41-,42+,43-/m1/s1. The summed E-state index contributed by atoms with van der Waals surface area (Å²) >= 11 is 0. The number of esters is 2. The van der Waals surface area contributed by atoms with Crippen LogP contribution in [0.5, 0.6) is 0 Å². The summed E-state index contributed by atoms with van der Waals surface area (Å²) in [5.41, 5.74) is 0. The first kappa shape index (κ1) is 53.4. The summed E-state index contributed by atoms with van der Waals surface area (Å²) in [5, 5.41) is 19.9. The van der Waals surface area contributed by atoms with Crippen LogP contribution in [-0.4, -0.2) is 63.5 Å². The fourth-order valence-electron chi connectivity index (χ4n) is 5.64. The molecule has 0 amide bonds. The third-order valence-electron chi connectivity index (χ3n) is 8.85. The van der Waals surface area contributed by atoms with Gasteiger partial charge in [0.25, 0.3) is 0 Å². The Bertz CT molecular complexity index is 1180. The molecule has 0 rings (SSSR count). The molecule has 56 heavy (non-hydrogen) atoms. The summed E-state index contributed by atoms with van der Waals surface area (Å²) in [5.74, 6) is -0.235. The lowest BCUT2D eigenvalue weighted by Crippen LogP contribution is -2.29. The molecule has 0 aliphatic carbocycles. The molecule has 0 aromatic heterocycles. The van der Waals surface area contributed by atoms with E-state index in [1.165, 1.54) is 70.6 Å². The van der Waals surface area contributed by atoms with Crippen LogP contribution in [0.3, 0.4) is 0 Å². The van der Waals surface area contributed by atoms with Crippen LogP contribution in [0.15, 0.2) is 72.9 Å². The molecule has 0 unspecified atom stereocenters. The van der Waals surface area contributed by atoms with Crippen molar-refractivity contribution in [3.63, 3.8) is 0 Å². The van der Waals surface area contributed by atoms with Crippen LogP contribution in [-0.2, 0) is 28.2 Å². The van der Waals surface area contributed by atoms with Gasteiger partial charge in [-0.05, 0) is 44.4 Å². The maximum atomic E-state index is 12.4. The van der Waals surface area contributed by atoms with Gasteiger partial charge >= 0.3 is 19.8 Å². The van der Waals surface area contributed by atoms with Gasteiger partial charge < -0.3 is 29.5 Å². The second-order valence-electron chi connectivity index (χ2n) is 14.8. The highest BCUT2D eigenvalue weighted by molar-refractivity contribution is 7.46. The minimum absolute atomic E-state index is 0.0833. The van der Waals surface area contributed by atoms with Crippen molar-refractivity contribution in [2.45, 2.75) is 180 Å². The smallest absolute Gasteiger partial charge is 0.462 e. The molecule has 0 spiro atoms. The number of hydrogen-bond acceptors (Lipinski definition) is 8. The molecule has 0 aliphatic rings. The molecule has 0 heterocycles. The average Bonchev–Trinajstić information content (AvgIpc) is 3.14. The van der Waals surface area contributed by atoms with Crippen molar-refractivity contribution in [1.82, 2.24) is 0 Å². The maximum Gasteiger partial charge on any atom is 0.469 e. The summed E-state index contributed by atoms with van der Waals surface area (Å²) in [7, 11) is -4.80. The van der Waals surface area contributed by atoms with Crippen molar-refractivity contribution < 1.29 is 48.2 Å². The molecule has 3 atom stereocenters. The van der Waals surface area contributed by atoms with Crippen LogP contribution in [0.4, 0.5) is 0 Å². The number of phosphoric acid groups is 1. The minimum Gasteiger partial charge on any atom is -0.462 e.